The van der Waals surface area contributed by atoms with Crippen LogP contribution in [-0.4, -0.2) is 32.9 Å². The highest BCUT2D eigenvalue weighted by molar-refractivity contribution is 7.13. The zero-order chi connectivity index (χ0) is 24.6. The van der Waals surface area contributed by atoms with E-state index in [1.54, 1.807) is 32.7 Å². The molecule has 1 aliphatic carbocycles. The number of methoxy groups -OCH3 is 3. The quantitative estimate of drug-likeness (QED) is 0.316. The van der Waals surface area contributed by atoms with Crippen LogP contribution in [0.5, 0.6) is 17.2 Å². The molecule has 0 bridgehead atoms. The fourth-order valence-corrected chi connectivity index (χ4v) is 4.87. The van der Waals surface area contributed by atoms with Gasteiger partial charge in [0.25, 0.3) is 0 Å². The molecule has 0 saturated carbocycles. The molecule has 1 aliphatic rings. The lowest BCUT2D eigenvalue weighted by Gasteiger charge is -2.27. The molecule has 4 rings (SSSR count). The van der Waals surface area contributed by atoms with Gasteiger partial charge in [0.15, 0.2) is 5.13 Å². The van der Waals surface area contributed by atoms with Crippen LogP contribution < -0.4 is 19.1 Å². The Labute approximate surface area is 211 Å². The lowest BCUT2D eigenvalue weighted by atomic mass is 9.93. The molecular formula is C28H32N2O4S. The van der Waals surface area contributed by atoms with Crippen molar-refractivity contribution in [1.29, 1.82) is 0 Å². The van der Waals surface area contributed by atoms with Crippen molar-refractivity contribution in [3.8, 4) is 17.2 Å². The summed E-state index contributed by atoms with van der Waals surface area (Å²) in [4.78, 5) is 7.24. The number of ether oxygens (including phenoxy) is 4. The van der Waals surface area contributed by atoms with Crippen LogP contribution in [0.15, 0.2) is 77.4 Å². The third-order valence-corrected chi connectivity index (χ3v) is 6.89. The molecule has 0 radical (unpaired) electrons. The van der Waals surface area contributed by atoms with Crippen LogP contribution in [-0.2, 0) is 17.9 Å². The summed E-state index contributed by atoms with van der Waals surface area (Å²) in [6.45, 7) is 4.15. The van der Waals surface area contributed by atoms with E-state index in [0.29, 0.717) is 12.5 Å². The van der Waals surface area contributed by atoms with Gasteiger partial charge in [0, 0.05) is 30.5 Å². The zero-order valence-corrected chi connectivity index (χ0v) is 21.5. The van der Waals surface area contributed by atoms with Gasteiger partial charge in [-0.05, 0) is 42.3 Å². The Kier molecular flexibility index (Phi) is 8.32. The number of hydrogen-bond donors (Lipinski definition) is 0. The average Bonchev–Trinajstić information content (AvgIpc) is 3.37. The largest absolute Gasteiger partial charge is 0.501 e. The fraction of sp³-hybridized carbons (Fsp3) is 0.321. The number of allylic oxidation sites excluding steroid dienone is 3. The summed E-state index contributed by atoms with van der Waals surface area (Å²) in [5.74, 6) is 3.78. The van der Waals surface area contributed by atoms with Crippen molar-refractivity contribution < 1.29 is 18.9 Å². The Hall–Kier alpha value is -3.45. The van der Waals surface area contributed by atoms with Gasteiger partial charge in [0.05, 0.1) is 32.8 Å². The monoisotopic (exact) mass is 492 g/mol. The van der Waals surface area contributed by atoms with Gasteiger partial charge in [0.1, 0.15) is 23.9 Å². The van der Waals surface area contributed by atoms with E-state index in [0.717, 1.165) is 53.3 Å². The number of anilines is 1. The summed E-state index contributed by atoms with van der Waals surface area (Å²) in [5, 5.41) is 3.04. The highest BCUT2D eigenvalue weighted by Crippen LogP contribution is 2.30. The van der Waals surface area contributed by atoms with Crippen LogP contribution in [0.4, 0.5) is 5.13 Å². The first-order chi connectivity index (χ1) is 17.1. The van der Waals surface area contributed by atoms with Crippen LogP contribution in [0.2, 0.25) is 0 Å². The Morgan fingerprint density at radius 1 is 0.914 bits per heavy atom. The lowest BCUT2D eigenvalue weighted by Crippen LogP contribution is -2.26. The molecule has 7 heteroatoms. The second-order valence-electron chi connectivity index (χ2n) is 8.50. The molecule has 0 N–H and O–H groups in total. The Morgan fingerprint density at radius 2 is 1.69 bits per heavy atom. The summed E-state index contributed by atoms with van der Waals surface area (Å²) in [7, 11) is 5.07. The number of aromatic nitrogens is 1. The van der Waals surface area contributed by atoms with E-state index in [4.69, 9.17) is 23.9 Å². The minimum Gasteiger partial charge on any atom is -0.501 e. The number of rotatable bonds is 11. The van der Waals surface area contributed by atoms with Crippen LogP contribution in [0.1, 0.15) is 24.6 Å². The summed E-state index contributed by atoms with van der Waals surface area (Å²) >= 11 is 1.64. The highest BCUT2D eigenvalue weighted by atomic mass is 32.1. The molecule has 0 amide bonds. The minimum absolute atomic E-state index is 0.367. The van der Waals surface area contributed by atoms with Gasteiger partial charge in [-0.15, -0.1) is 11.3 Å². The van der Waals surface area contributed by atoms with E-state index in [1.807, 2.05) is 36.4 Å². The second kappa shape index (κ2) is 11.8. The summed E-state index contributed by atoms with van der Waals surface area (Å²) in [6, 6.07) is 15.8. The Morgan fingerprint density at radius 3 is 2.40 bits per heavy atom. The lowest BCUT2D eigenvalue weighted by molar-refractivity contribution is 0.244. The van der Waals surface area contributed by atoms with Gasteiger partial charge in [0.2, 0.25) is 0 Å². The number of benzene rings is 2. The third kappa shape index (κ3) is 6.57. The van der Waals surface area contributed by atoms with Crippen molar-refractivity contribution in [2.45, 2.75) is 26.5 Å². The summed E-state index contributed by atoms with van der Waals surface area (Å²) in [5.41, 5.74) is 3.46. The van der Waals surface area contributed by atoms with Crippen molar-refractivity contribution in [1.82, 2.24) is 4.98 Å². The molecule has 1 heterocycles. The fourth-order valence-electron chi connectivity index (χ4n) is 4.06. The van der Waals surface area contributed by atoms with Gasteiger partial charge >= 0.3 is 0 Å². The minimum atomic E-state index is 0.367. The van der Waals surface area contributed by atoms with E-state index in [-0.39, 0.29) is 0 Å². The first kappa shape index (κ1) is 24.7. The molecule has 0 saturated heterocycles. The van der Waals surface area contributed by atoms with Crippen molar-refractivity contribution in [3.63, 3.8) is 0 Å². The molecule has 184 valence electrons. The smallest absolute Gasteiger partial charge is 0.186 e. The zero-order valence-electron chi connectivity index (χ0n) is 20.7. The van der Waals surface area contributed by atoms with Gasteiger partial charge in [-0.3, -0.25) is 0 Å². The van der Waals surface area contributed by atoms with E-state index in [1.165, 1.54) is 11.1 Å². The van der Waals surface area contributed by atoms with Gasteiger partial charge in [-0.2, -0.15) is 0 Å². The molecular weight excluding hydrogens is 460 g/mol. The topological polar surface area (TPSA) is 53.1 Å². The van der Waals surface area contributed by atoms with E-state index in [9.17, 15) is 0 Å². The molecule has 1 unspecified atom stereocenters. The van der Waals surface area contributed by atoms with Crippen LogP contribution in [0.3, 0.4) is 0 Å². The highest BCUT2D eigenvalue weighted by Gasteiger charge is 2.20. The molecule has 35 heavy (non-hydrogen) atoms. The molecule has 0 fully saturated rings. The van der Waals surface area contributed by atoms with E-state index in [2.05, 4.69) is 41.5 Å². The molecule has 0 aliphatic heterocycles. The molecule has 6 nitrogen and oxygen atoms in total. The first-order valence-corrected chi connectivity index (χ1v) is 12.5. The first-order valence-electron chi connectivity index (χ1n) is 11.6. The van der Waals surface area contributed by atoms with Gasteiger partial charge < -0.3 is 23.8 Å². The summed E-state index contributed by atoms with van der Waals surface area (Å²) in [6.07, 6.45) is 5.24. The number of hydrogen-bond acceptors (Lipinski definition) is 7. The number of nitrogens with zero attached hydrogens (tertiary/aromatic N) is 2. The maximum Gasteiger partial charge on any atom is 0.186 e. The van der Waals surface area contributed by atoms with E-state index >= 15 is 0 Å². The third-order valence-electron chi connectivity index (χ3n) is 5.94. The molecule has 1 atom stereocenters. The van der Waals surface area contributed by atoms with Crippen LogP contribution in [0.25, 0.3) is 0 Å². The average molecular weight is 493 g/mol. The Bertz CT molecular complexity index is 1170. The van der Waals surface area contributed by atoms with Crippen molar-refractivity contribution in [3.05, 3.63) is 88.7 Å². The Balaban J connectivity index is 1.50. The maximum atomic E-state index is 5.96. The maximum absolute atomic E-state index is 5.96. The standard InChI is InChI=1S/C28H32N2O4S/c1-20-14-22(10-13-27(20)33-4)17-30(16-21-8-11-24(31-2)12-9-21)28-29-23(19-35-28)18-34-26-7-5-6-25(15-26)32-3/h5-13,15,19-20H,14,16-18H2,1-4H3. The van der Waals surface area contributed by atoms with Crippen molar-refractivity contribution >= 4 is 16.5 Å². The molecule has 1 aromatic heterocycles. The van der Waals surface area contributed by atoms with Crippen molar-refractivity contribution in [2.24, 2.45) is 5.92 Å². The van der Waals surface area contributed by atoms with Gasteiger partial charge in [-0.1, -0.05) is 36.8 Å². The van der Waals surface area contributed by atoms with Crippen LogP contribution >= 0.6 is 11.3 Å². The molecule has 0 spiro atoms. The van der Waals surface area contributed by atoms with Gasteiger partial charge in [-0.25, -0.2) is 4.98 Å². The van der Waals surface area contributed by atoms with Crippen LogP contribution in [0, 0.1) is 5.92 Å². The van der Waals surface area contributed by atoms with E-state index < -0.39 is 0 Å². The van der Waals surface area contributed by atoms with Crippen molar-refractivity contribution in [2.75, 3.05) is 32.8 Å². The second-order valence-corrected chi connectivity index (χ2v) is 9.33. The SMILES string of the molecule is COC1=CC=C(CN(Cc2ccc(OC)cc2)c2nc(COc3cccc(OC)c3)cs2)CC1C. The molecule has 3 aromatic rings. The predicted octanol–water partition coefficient (Wildman–Crippen LogP) is 6.24. The molecule has 2 aromatic carbocycles. The normalized spacial score (nSPS) is 15.1. The predicted molar refractivity (Wildman–Crippen MR) is 140 cm³/mol. The summed E-state index contributed by atoms with van der Waals surface area (Å²) < 4.78 is 22.1. The number of thiazole rings is 1.